The van der Waals surface area contributed by atoms with E-state index in [2.05, 4.69) is 10.2 Å². The molecule has 1 aromatic carbocycles. The second kappa shape index (κ2) is 4.99. The fraction of sp³-hybridized carbons (Fsp3) is 0.308. The first-order chi connectivity index (χ1) is 9.32. The molecule has 1 N–H and O–H groups in total. The third kappa shape index (κ3) is 2.26. The molecule has 1 aromatic heterocycles. The third-order valence-corrected chi connectivity index (χ3v) is 2.91. The van der Waals surface area contributed by atoms with E-state index in [9.17, 15) is 13.6 Å². The average Bonchev–Trinajstić information content (AvgIpc) is 2.73. The molecule has 106 valence electrons. The molecule has 0 amide bonds. The minimum absolute atomic E-state index is 0.00528. The van der Waals surface area contributed by atoms with Gasteiger partial charge >= 0.3 is 5.97 Å². The minimum Gasteiger partial charge on any atom is -0.478 e. The maximum absolute atomic E-state index is 13.4. The van der Waals surface area contributed by atoms with Gasteiger partial charge in [-0.3, -0.25) is 0 Å². The molecule has 0 bridgehead atoms. The zero-order valence-corrected chi connectivity index (χ0v) is 11.2. The number of halogens is 2. The van der Waals surface area contributed by atoms with Crippen molar-refractivity contribution >= 4 is 5.97 Å². The zero-order valence-electron chi connectivity index (χ0n) is 11.2. The average molecular weight is 281 g/mol. The third-order valence-electron chi connectivity index (χ3n) is 2.91. The van der Waals surface area contributed by atoms with Crippen LogP contribution in [0, 0.1) is 18.6 Å². The second-order valence-corrected chi connectivity index (χ2v) is 4.65. The molecule has 0 aliphatic carbocycles. The lowest BCUT2D eigenvalue weighted by Crippen LogP contribution is -2.09. The SMILES string of the molecule is Cc1nnc(-c2cc(F)c(F)cc2C(=O)O)n1C(C)C. The van der Waals surface area contributed by atoms with Crippen LogP contribution in [-0.2, 0) is 0 Å². The number of aromatic carboxylic acids is 1. The van der Waals surface area contributed by atoms with E-state index >= 15 is 0 Å². The highest BCUT2D eigenvalue weighted by Gasteiger charge is 2.22. The van der Waals surface area contributed by atoms with Crippen LogP contribution in [0.1, 0.15) is 36.1 Å². The molecule has 2 rings (SSSR count). The van der Waals surface area contributed by atoms with Crippen LogP contribution in [0.4, 0.5) is 8.78 Å². The molecule has 0 aliphatic rings. The minimum atomic E-state index is -1.35. The van der Waals surface area contributed by atoms with Crippen molar-refractivity contribution in [1.29, 1.82) is 0 Å². The first kappa shape index (κ1) is 14.1. The summed E-state index contributed by atoms with van der Waals surface area (Å²) in [6.07, 6.45) is 0. The van der Waals surface area contributed by atoms with Crippen molar-refractivity contribution < 1.29 is 18.7 Å². The maximum Gasteiger partial charge on any atom is 0.336 e. The largest absolute Gasteiger partial charge is 0.478 e. The van der Waals surface area contributed by atoms with Crippen LogP contribution >= 0.6 is 0 Å². The van der Waals surface area contributed by atoms with E-state index in [1.54, 1.807) is 11.5 Å². The summed E-state index contributed by atoms with van der Waals surface area (Å²) in [6, 6.07) is 1.44. The van der Waals surface area contributed by atoms with Gasteiger partial charge in [0.15, 0.2) is 17.5 Å². The van der Waals surface area contributed by atoms with Crippen LogP contribution in [0.25, 0.3) is 11.4 Å². The van der Waals surface area contributed by atoms with Gasteiger partial charge in [-0.1, -0.05) is 0 Å². The number of aromatic nitrogens is 3. The van der Waals surface area contributed by atoms with E-state index in [-0.39, 0.29) is 23.0 Å². The number of rotatable bonds is 3. The highest BCUT2D eigenvalue weighted by Crippen LogP contribution is 2.27. The van der Waals surface area contributed by atoms with Gasteiger partial charge in [0.05, 0.1) is 5.56 Å². The van der Waals surface area contributed by atoms with Crippen molar-refractivity contribution in [3.63, 3.8) is 0 Å². The highest BCUT2D eigenvalue weighted by molar-refractivity contribution is 5.95. The molecule has 0 radical (unpaired) electrons. The number of carboxylic acid groups (broad SMARTS) is 1. The molecule has 1 heterocycles. The predicted octanol–water partition coefficient (Wildman–Crippen LogP) is 2.81. The van der Waals surface area contributed by atoms with Gasteiger partial charge in [-0.05, 0) is 32.9 Å². The Kier molecular flexibility index (Phi) is 3.52. The van der Waals surface area contributed by atoms with Gasteiger partial charge in [-0.25, -0.2) is 13.6 Å². The molecular weight excluding hydrogens is 268 g/mol. The molecule has 0 unspecified atom stereocenters. The van der Waals surface area contributed by atoms with E-state index < -0.39 is 17.6 Å². The summed E-state index contributed by atoms with van der Waals surface area (Å²) < 4.78 is 28.3. The Balaban J connectivity index is 2.75. The van der Waals surface area contributed by atoms with E-state index in [0.717, 1.165) is 6.07 Å². The lowest BCUT2D eigenvalue weighted by Gasteiger charge is -2.14. The van der Waals surface area contributed by atoms with E-state index in [4.69, 9.17) is 5.11 Å². The molecule has 5 nitrogen and oxygen atoms in total. The Morgan fingerprint density at radius 2 is 1.85 bits per heavy atom. The van der Waals surface area contributed by atoms with Gasteiger partial charge in [-0.15, -0.1) is 10.2 Å². The quantitative estimate of drug-likeness (QED) is 0.939. The van der Waals surface area contributed by atoms with Gasteiger partial charge in [-0.2, -0.15) is 0 Å². The fourth-order valence-electron chi connectivity index (χ4n) is 2.08. The normalized spacial score (nSPS) is 11.1. The van der Waals surface area contributed by atoms with Crippen molar-refractivity contribution in [2.24, 2.45) is 0 Å². The van der Waals surface area contributed by atoms with Crippen LogP contribution in [0.2, 0.25) is 0 Å². The number of carboxylic acids is 1. The van der Waals surface area contributed by atoms with Crippen LogP contribution in [0.15, 0.2) is 12.1 Å². The summed E-state index contributed by atoms with van der Waals surface area (Å²) >= 11 is 0. The topological polar surface area (TPSA) is 68.0 Å². The zero-order chi connectivity index (χ0) is 15.0. The number of benzene rings is 1. The molecular formula is C13H13F2N3O2. The summed E-state index contributed by atoms with van der Waals surface area (Å²) in [7, 11) is 0. The molecule has 20 heavy (non-hydrogen) atoms. The fourth-order valence-corrected chi connectivity index (χ4v) is 2.08. The van der Waals surface area contributed by atoms with Crippen LogP contribution in [0.3, 0.4) is 0 Å². The van der Waals surface area contributed by atoms with Crippen molar-refractivity contribution in [3.05, 3.63) is 35.2 Å². The molecule has 0 saturated carbocycles. The van der Waals surface area contributed by atoms with Gasteiger partial charge in [0, 0.05) is 11.6 Å². The molecule has 0 atom stereocenters. The van der Waals surface area contributed by atoms with Gasteiger partial charge in [0.1, 0.15) is 5.82 Å². The monoisotopic (exact) mass is 281 g/mol. The molecule has 7 heteroatoms. The predicted molar refractivity (Wildman–Crippen MR) is 67.5 cm³/mol. The summed E-state index contributed by atoms with van der Waals surface area (Å²) in [6.45, 7) is 5.43. The molecule has 0 aliphatic heterocycles. The summed E-state index contributed by atoms with van der Waals surface area (Å²) in [4.78, 5) is 11.2. The van der Waals surface area contributed by atoms with E-state index in [1.165, 1.54) is 0 Å². The van der Waals surface area contributed by atoms with E-state index in [1.807, 2.05) is 13.8 Å². The number of carbonyl (C=O) groups is 1. The Morgan fingerprint density at radius 1 is 1.25 bits per heavy atom. The summed E-state index contributed by atoms with van der Waals surface area (Å²) in [5.74, 6) is -2.92. The Morgan fingerprint density at radius 3 is 2.40 bits per heavy atom. The second-order valence-electron chi connectivity index (χ2n) is 4.65. The van der Waals surface area contributed by atoms with Crippen molar-refractivity contribution in [1.82, 2.24) is 14.8 Å². The highest BCUT2D eigenvalue weighted by atomic mass is 19.2. The van der Waals surface area contributed by atoms with Gasteiger partial charge in [0.2, 0.25) is 0 Å². The Bertz CT molecular complexity index is 680. The lowest BCUT2D eigenvalue weighted by molar-refractivity contribution is 0.0697. The van der Waals surface area contributed by atoms with Crippen molar-refractivity contribution in [3.8, 4) is 11.4 Å². The van der Waals surface area contributed by atoms with Crippen LogP contribution in [-0.4, -0.2) is 25.8 Å². The molecule has 0 spiro atoms. The smallest absolute Gasteiger partial charge is 0.336 e. The molecule has 0 saturated heterocycles. The molecule has 0 fully saturated rings. The standard InChI is InChI=1S/C13H13F2N3O2/c1-6(2)18-7(3)16-17-12(18)8-4-10(14)11(15)5-9(8)13(19)20/h4-6H,1-3H3,(H,19,20). The first-order valence-corrected chi connectivity index (χ1v) is 5.97. The number of aryl methyl sites for hydroxylation is 1. The van der Waals surface area contributed by atoms with Gasteiger partial charge in [0.25, 0.3) is 0 Å². The first-order valence-electron chi connectivity index (χ1n) is 5.97. The molecule has 2 aromatic rings. The Labute approximate surface area is 113 Å². The number of nitrogens with zero attached hydrogens (tertiary/aromatic N) is 3. The van der Waals surface area contributed by atoms with Gasteiger partial charge < -0.3 is 9.67 Å². The summed E-state index contributed by atoms with van der Waals surface area (Å²) in [5.41, 5.74) is -0.344. The Hall–Kier alpha value is -2.31. The van der Waals surface area contributed by atoms with Crippen LogP contribution < -0.4 is 0 Å². The van der Waals surface area contributed by atoms with Crippen molar-refractivity contribution in [2.45, 2.75) is 26.8 Å². The number of hydrogen-bond donors (Lipinski definition) is 1. The van der Waals surface area contributed by atoms with E-state index in [0.29, 0.717) is 11.9 Å². The van der Waals surface area contributed by atoms with Crippen LogP contribution in [0.5, 0.6) is 0 Å². The maximum atomic E-state index is 13.4. The summed E-state index contributed by atoms with van der Waals surface area (Å²) in [5, 5.41) is 16.9. The number of hydrogen-bond acceptors (Lipinski definition) is 3. The van der Waals surface area contributed by atoms with Crippen molar-refractivity contribution in [2.75, 3.05) is 0 Å². The lowest BCUT2D eigenvalue weighted by atomic mass is 10.1.